The Balaban J connectivity index is 2.04. The van der Waals surface area contributed by atoms with Crippen LogP contribution in [0, 0.1) is 0 Å². The molecule has 0 aliphatic rings. The Hall–Kier alpha value is -1.78. The van der Waals surface area contributed by atoms with Crippen LogP contribution in [0.25, 0.3) is 22.6 Å². The van der Waals surface area contributed by atoms with Gasteiger partial charge in [0.25, 0.3) is 0 Å². The van der Waals surface area contributed by atoms with Gasteiger partial charge in [0, 0.05) is 11.6 Å². The van der Waals surface area contributed by atoms with E-state index in [1.165, 1.54) is 0 Å². The van der Waals surface area contributed by atoms with Gasteiger partial charge >= 0.3 is 0 Å². The average molecular weight is 304 g/mol. The van der Waals surface area contributed by atoms with Crippen LogP contribution in [0.3, 0.4) is 0 Å². The normalized spacial score (nSPS) is 11.6. The molecule has 0 amide bonds. The lowest BCUT2D eigenvalue weighted by molar-refractivity contribution is 0.388. The van der Waals surface area contributed by atoms with Gasteiger partial charge in [0.05, 0.1) is 17.3 Å². The van der Waals surface area contributed by atoms with Gasteiger partial charge in [0.1, 0.15) is 0 Å². The van der Waals surface area contributed by atoms with Gasteiger partial charge < -0.3 is 13.9 Å². The average Bonchev–Trinajstić information content (AvgIpc) is 3.06. The Labute approximate surface area is 128 Å². The molecule has 0 atom stereocenters. The Kier molecular flexibility index (Phi) is 3.99. The molecule has 3 rings (SSSR count). The second kappa shape index (κ2) is 5.92. The van der Waals surface area contributed by atoms with E-state index in [-0.39, 0.29) is 0 Å². The SMILES string of the molecule is CN(C)CCCn1c(-c2ccco2)nc2ccc(Cl)cc21. The summed E-state index contributed by atoms with van der Waals surface area (Å²) in [7, 11) is 4.16. The van der Waals surface area contributed by atoms with Gasteiger partial charge in [-0.2, -0.15) is 0 Å². The molecule has 0 aliphatic heterocycles. The maximum absolute atomic E-state index is 6.14. The summed E-state index contributed by atoms with van der Waals surface area (Å²) >= 11 is 6.14. The molecule has 2 aromatic heterocycles. The van der Waals surface area contributed by atoms with Crippen molar-refractivity contribution in [3.8, 4) is 11.6 Å². The van der Waals surface area contributed by atoms with Gasteiger partial charge in [-0.1, -0.05) is 11.6 Å². The summed E-state index contributed by atoms with van der Waals surface area (Å²) in [5.74, 6) is 1.64. The van der Waals surface area contributed by atoms with E-state index in [9.17, 15) is 0 Å². The minimum atomic E-state index is 0.724. The van der Waals surface area contributed by atoms with Crippen LogP contribution >= 0.6 is 11.6 Å². The molecule has 0 saturated carbocycles. The van der Waals surface area contributed by atoms with E-state index in [0.29, 0.717) is 0 Å². The zero-order valence-corrected chi connectivity index (χ0v) is 13.0. The standard InChI is InChI=1S/C16H18ClN3O/c1-19(2)8-4-9-20-14-11-12(17)6-7-13(14)18-16(20)15-5-3-10-21-15/h3,5-7,10-11H,4,8-9H2,1-2H3. The highest BCUT2D eigenvalue weighted by atomic mass is 35.5. The second-order valence-electron chi connectivity index (χ2n) is 5.35. The fraction of sp³-hybridized carbons (Fsp3) is 0.312. The first-order chi connectivity index (χ1) is 10.1. The summed E-state index contributed by atoms with van der Waals surface area (Å²) in [6.07, 6.45) is 2.71. The first kappa shape index (κ1) is 14.2. The Morgan fingerprint density at radius 3 is 2.86 bits per heavy atom. The van der Waals surface area contributed by atoms with E-state index in [1.807, 2.05) is 30.3 Å². The summed E-state index contributed by atoms with van der Waals surface area (Å²) in [5.41, 5.74) is 1.99. The number of hydrogen-bond donors (Lipinski definition) is 0. The van der Waals surface area contributed by atoms with Crippen LogP contribution in [0.4, 0.5) is 0 Å². The predicted octanol–water partition coefficient (Wildman–Crippen LogP) is 3.90. The molecule has 0 radical (unpaired) electrons. The second-order valence-corrected chi connectivity index (χ2v) is 5.79. The molecule has 4 nitrogen and oxygen atoms in total. The van der Waals surface area contributed by atoms with Crippen molar-refractivity contribution < 1.29 is 4.42 Å². The van der Waals surface area contributed by atoms with Crippen molar-refractivity contribution in [3.05, 3.63) is 41.6 Å². The van der Waals surface area contributed by atoms with Crippen LogP contribution in [0.15, 0.2) is 41.0 Å². The summed E-state index contributed by atoms with van der Waals surface area (Å²) in [5, 5.41) is 0.724. The minimum Gasteiger partial charge on any atom is -0.461 e. The molecule has 1 aromatic carbocycles. The number of halogens is 1. The highest BCUT2D eigenvalue weighted by Gasteiger charge is 2.14. The first-order valence-electron chi connectivity index (χ1n) is 6.99. The molecule has 0 fully saturated rings. The molecule has 0 N–H and O–H groups in total. The van der Waals surface area contributed by atoms with Crippen molar-refractivity contribution in [1.29, 1.82) is 0 Å². The highest BCUT2D eigenvalue weighted by molar-refractivity contribution is 6.31. The molecular weight excluding hydrogens is 286 g/mol. The van der Waals surface area contributed by atoms with E-state index < -0.39 is 0 Å². The topological polar surface area (TPSA) is 34.2 Å². The van der Waals surface area contributed by atoms with E-state index >= 15 is 0 Å². The van der Waals surface area contributed by atoms with Crippen LogP contribution in [0.5, 0.6) is 0 Å². The number of rotatable bonds is 5. The number of furan rings is 1. The van der Waals surface area contributed by atoms with Crippen LogP contribution in [0.2, 0.25) is 5.02 Å². The molecule has 0 bridgehead atoms. The van der Waals surface area contributed by atoms with Crippen molar-refractivity contribution in [2.75, 3.05) is 20.6 Å². The lowest BCUT2D eigenvalue weighted by atomic mass is 10.3. The third-order valence-electron chi connectivity index (χ3n) is 3.44. The summed E-state index contributed by atoms with van der Waals surface area (Å²) in [6.45, 7) is 1.91. The summed E-state index contributed by atoms with van der Waals surface area (Å²) in [6, 6.07) is 9.60. The Bertz CT molecular complexity index is 731. The molecule has 0 unspecified atom stereocenters. The number of imidazole rings is 1. The van der Waals surface area contributed by atoms with E-state index in [2.05, 4.69) is 23.6 Å². The van der Waals surface area contributed by atoms with Gasteiger partial charge in [-0.25, -0.2) is 4.98 Å². The Morgan fingerprint density at radius 2 is 2.14 bits per heavy atom. The number of benzene rings is 1. The van der Waals surface area contributed by atoms with Crippen molar-refractivity contribution in [3.63, 3.8) is 0 Å². The number of fused-ring (bicyclic) bond motifs is 1. The first-order valence-corrected chi connectivity index (χ1v) is 7.37. The number of hydrogen-bond acceptors (Lipinski definition) is 3. The van der Waals surface area contributed by atoms with Crippen molar-refractivity contribution in [2.24, 2.45) is 0 Å². The molecule has 0 spiro atoms. The van der Waals surface area contributed by atoms with Crippen molar-refractivity contribution in [1.82, 2.24) is 14.5 Å². The molecule has 3 aromatic rings. The van der Waals surface area contributed by atoms with Gasteiger partial charge in [0.15, 0.2) is 11.6 Å². The molecule has 0 saturated heterocycles. The van der Waals surface area contributed by atoms with Gasteiger partial charge in [0.2, 0.25) is 0 Å². The quantitative estimate of drug-likeness (QED) is 0.717. The summed E-state index contributed by atoms with van der Waals surface area (Å²) in [4.78, 5) is 6.87. The largest absolute Gasteiger partial charge is 0.461 e. The van der Waals surface area contributed by atoms with Crippen LogP contribution in [0.1, 0.15) is 6.42 Å². The number of aromatic nitrogens is 2. The molecule has 110 valence electrons. The zero-order chi connectivity index (χ0) is 14.8. The van der Waals surface area contributed by atoms with Crippen molar-refractivity contribution >= 4 is 22.6 Å². The molecular formula is C16H18ClN3O. The van der Waals surface area contributed by atoms with Crippen LogP contribution in [-0.2, 0) is 6.54 Å². The summed E-state index contributed by atoms with van der Waals surface area (Å²) < 4.78 is 7.70. The maximum atomic E-state index is 6.14. The lowest BCUT2D eigenvalue weighted by Gasteiger charge is -2.11. The van der Waals surface area contributed by atoms with E-state index in [0.717, 1.165) is 47.2 Å². The van der Waals surface area contributed by atoms with Gasteiger partial charge in [-0.3, -0.25) is 0 Å². The van der Waals surface area contributed by atoms with E-state index in [1.54, 1.807) is 6.26 Å². The van der Waals surface area contributed by atoms with Gasteiger partial charge in [-0.15, -0.1) is 0 Å². The van der Waals surface area contributed by atoms with E-state index in [4.69, 9.17) is 21.0 Å². The zero-order valence-electron chi connectivity index (χ0n) is 12.2. The fourth-order valence-corrected chi connectivity index (χ4v) is 2.63. The predicted molar refractivity (Wildman–Crippen MR) is 85.6 cm³/mol. The number of aryl methyl sites for hydroxylation is 1. The maximum Gasteiger partial charge on any atom is 0.177 e. The smallest absolute Gasteiger partial charge is 0.177 e. The molecule has 5 heteroatoms. The lowest BCUT2D eigenvalue weighted by Crippen LogP contribution is -2.15. The van der Waals surface area contributed by atoms with Gasteiger partial charge in [-0.05, 0) is 57.4 Å². The third kappa shape index (κ3) is 2.96. The number of nitrogens with zero attached hydrogens (tertiary/aromatic N) is 3. The molecule has 21 heavy (non-hydrogen) atoms. The van der Waals surface area contributed by atoms with Crippen LogP contribution < -0.4 is 0 Å². The third-order valence-corrected chi connectivity index (χ3v) is 3.67. The highest BCUT2D eigenvalue weighted by Crippen LogP contribution is 2.27. The van der Waals surface area contributed by atoms with Crippen LogP contribution in [-0.4, -0.2) is 35.1 Å². The van der Waals surface area contributed by atoms with Crippen molar-refractivity contribution in [2.45, 2.75) is 13.0 Å². The molecule has 0 aliphatic carbocycles. The Morgan fingerprint density at radius 1 is 1.29 bits per heavy atom. The monoisotopic (exact) mass is 303 g/mol. The fourth-order valence-electron chi connectivity index (χ4n) is 2.46. The molecule has 2 heterocycles. The minimum absolute atomic E-state index is 0.724.